The Bertz CT molecular complexity index is 1380. The second-order valence-electron chi connectivity index (χ2n) is 9.16. The Morgan fingerprint density at radius 3 is 2.74 bits per heavy atom. The fourth-order valence-electron chi connectivity index (χ4n) is 5.56. The van der Waals surface area contributed by atoms with E-state index in [0.29, 0.717) is 27.4 Å². The van der Waals surface area contributed by atoms with Gasteiger partial charge in [0.15, 0.2) is 23.1 Å². The number of anilines is 1. The van der Waals surface area contributed by atoms with Crippen LogP contribution in [-0.4, -0.2) is 42.0 Å². The number of rotatable bonds is 5. The molecule has 0 unspecified atom stereocenters. The van der Waals surface area contributed by atoms with Gasteiger partial charge in [0.2, 0.25) is 0 Å². The second-order valence-corrected chi connectivity index (χ2v) is 10.1. The Kier molecular flexibility index (Phi) is 5.05. The van der Waals surface area contributed by atoms with Gasteiger partial charge in [0.05, 0.1) is 28.2 Å². The first-order chi connectivity index (χ1) is 16.5. The van der Waals surface area contributed by atoms with Crippen molar-refractivity contribution >= 4 is 34.3 Å². The minimum atomic E-state index is -0.831. The number of nitrogens with zero attached hydrogens (tertiary/aromatic N) is 4. The number of aromatic nitrogens is 5. The van der Waals surface area contributed by atoms with E-state index in [9.17, 15) is 9.90 Å². The fourth-order valence-corrected chi connectivity index (χ4v) is 6.27. The fraction of sp³-hybridized carbons (Fsp3) is 0.375. The number of nitrogens with one attached hydrogen (secondary N) is 2. The molecule has 7 rings (SSSR count). The highest BCUT2D eigenvalue weighted by Gasteiger charge is 2.47. The number of hydrogen-bond acceptors (Lipinski definition) is 7. The zero-order chi connectivity index (χ0) is 23.4. The molecule has 2 atom stereocenters. The van der Waals surface area contributed by atoms with Gasteiger partial charge >= 0.3 is 5.97 Å². The average molecular weight is 479 g/mol. The maximum atomic E-state index is 15.8. The number of carboxylic acids is 1. The molecule has 10 heteroatoms. The summed E-state index contributed by atoms with van der Waals surface area (Å²) in [5, 5.41) is 15.0. The minimum Gasteiger partial charge on any atom is -0.481 e. The largest absolute Gasteiger partial charge is 0.481 e. The van der Waals surface area contributed by atoms with Crippen LogP contribution in [0.4, 0.5) is 10.2 Å². The number of aliphatic carboxylic acids is 1. The maximum absolute atomic E-state index is 15.8. The number of fused-ring (bicyclic) bond motifs is 4. The van der Waals surface area contributed by atoms with Gasteiger partial charge in [0, 0.05) is 12.2 Å². The molecule has 3 aliphatic carbocycles. The number of aryl methyl sites for hydroxylation is 1. The standard InChI is InChI=1S/C24H23FN6O2S/c1-11-9-26-23-19(28-11)14(10-27-23)21-30-20(15-3-2-8-34-15)17(25)22(31-21)29-18-13-6-4-12(5-7-13)16(18)24(32)33/h2-3,8-10,12-13,16,18H,4-7H2,1H3,(H,26,27)(H,32,33)(H,29,30,31)/t12?,13?,16-,18-/m0/s1. The summed E-state index contributed by atoms with van der Waals surface area (Å²) in [6, 6.07) is 3.28. The molecular formula is C24H23FN6O2S. The Labute approximate surface area is 198 Å². The SMILES string of the molecule is Cc1cnc2[nH]cc(-c3nc(N[C@H]4C5CCC(CC5)[C@@H]4C(=O)O)c(F)c(-c4cccs4)n3)c2n1. The smallest absolute Gasteiger partial charge is 0.308 e. The third kappa shape index (κ3) is 3.44. The lowest BCUT2D eigenvalue weighted by atomic mass is 9.61. The number of hydrogen-bond donors (Lipinski definition) is 3. The molecule has 2 bridgehead atoms. The number of carbonyl (C=O) groups is 1. The van der Waals surface area contributed by atoms with Crippen molar-refractivity contribution in [2.75, 3.05) is 5.32 Å². The molecular weight excluding hydrogens is 455 g/mol. The van der Waals surface area contributed by atoms with Gasteiger partial charge in [-0.25, -0.2) is 24.3 Å². The zero-order valence-corrected chi connectivity index (χ0v) is 19.3. The van der Waals surface area contributed by atoms with E-state index in [-0.39, 0.29) is 29.4 Å². The van der Waals surface area contributed by atoms with Crippen LogP contribution >= 0.6 is 11.3 Å². The first-order valence-corrected chi connectivity index (χ1v) is 12.3. The van der Waals surface area contributed by atoms with Gasteiger partial charge in [-0.2, -0.15) is 0 Å². The van der Waals surface area contributed by atoms with Gasteiger partial charge in [-0.3, -0.25) is 4.79 Å². The summed E-state index contributed by atoms with van der Waals surface area (Å²) >= 11 is 1.39. The van der Waals surface area contributed by atoms with Crippen LogP contribution in [-0.2, 0) is 4.79 Å². The summed E-state index contributed by atoms with van der Waals surface area (Å²) in [4.78, 5) is 34.0. The summed E-state index contributed by atoms with van der Waals surface area (Å²) in [6.07, 6.45) is 7.10. The molecule has 0 aromatic carbocycles. The number of halogens is 1. The molecule has 3 aliphatic rings. The Morgan fingerprint density at radius 2 is 2.00 bits per heavy atom. The van der Waals surface area contributed by atoms with E-state index in [2.05, 4.69) is 30.2 Å². The molecule has 34 heavy (non-hydrogen) atoms. The van der Waals surface area contributed by atoms with Crippen LogP contribution in [0.1, 0.15) is 31.4 Å². The molecule has 0 spiro atoms. The molecule has 3 N–H and O–H groups in total. The zero-order valence-electron chi connectivity index (χ0n) is 18.5. The predicted molar refractivity (Wildman–Crippen MR) is 127 cm³/mol. The number of aromatic amines is 1. The van der Waals surface area contributed by atoms with Crippen LogP contribution in [0.5, 0.6) is 0 Å². The van der Waals surface area contributed by atoms with Gasteiger partial charge in [-0.1, -0.05) is 6.07 Å². The summed E-state index contributed by atoms with van der Waals surface area (Å²) in [6.45, 7) is 1.85. The van der Waals surface area contributed by atoms with E-state index in [0.717, 1.165) is 31.4 Å². The predicted octanol–water partition coefficient (Wildman–Crippen LogP) is 4.89. The lowest BCUT2D eigenvalue weighted by Crippen LogP contribution is -2.51. The molecule has 0 amide bonds. The average Bonchev–Trinajstić information content (AvgIpc) is 3.51. The van der Waals surface area contributed by atoms with Crippen LogP contribution in [0.25, 0.3) is 33.1 Å². The van der Waals surface area contributed by atoms with Gasteiger partial charge < -0.3 is 15.4 Å². The van der Waals surface area contributed by atoms with Crippen LogP contribution in [0.2, 0.25) is 0 Å². The van der Waals surface area contributed by atoms with Crippen LogP contribution < -0.4 is 5.32 Å². The van der Waals surface area contributed by atoms with E-state index in [1.807, 2.05) is 24.4 Å². The Balaban J connectivity index is 1.49. The summed E-state index contributed by atoms with van der Waals surface area (Å²) in [7, 11) is 0. The summed E-state index contributed by atoms with van der Waals surface area (Å²) in [5.41, 5.74) is 2.75. The normalized spacial score (nSPS) is 23.9. The third-order valence-corrected chi connectivity index (χ3v) is 8.03. The molecule has 8 nitrogen and oxygen atoms in total. The van der Waals surface area contributed by atoms with Gasteiger partial charge in [0.25, 0.3) is 0 Å². The number of thiophene rings is 1. The van der Waals surface area contributed by atoms with Crippen molar-refractivity contribution in [2.45, 2.75) is 38.6 Å². The summed E-state index contributed by atoms with van der Waals surface area (Å²) < 4.78 is 15.8. The van der Waals surface area contributed by atoms with Crippen molar-refractivity contribution < 1.29 is 14.3 Å². The highest BCUT2D eigenvalue weighted by atomic mass is 32.1. The van der Waals surface area contributed by atoms with Crippen molar-refractivity contribution in [3.8, 4) is 22.0 Å². The topological polar surface area (TPSA) is 117 Å². The first-order valence-electron chi connectivity index (χ1n) is 11.4. The molecule has 174 valence electrons. The van der Waals surface area contributed by atoms with Crippen LogP contribution in [0.3, 0.4) is 0 Å². The monoisotopic (exact) mass is 478 g/mol. The van der Waals surface area contributed by atoms with Crippen LogP contribution in [0.15, 0.2) is 29.9 Å². The van der Waals surface area contributed by atoms with Crippen molar-refractivity contribution in [2.24, 2.45) is 17.8 Å². The molecule has 4 aromatic heterocycles. The highest BCUT2D eigenvalue weighted by molar-refractivity contribution is 7.13. The van der Waals surface area contributed by atoms with Crippen molar-refractivity contribution in [3.05, 3.63) is 41.4 Å². The lowest BCUT2D eigenvalue weighted by Gasteiger charge is -2.47. The first kappa shape index (κ1) is 21.2. The van der Waals surface area contributed by atoms with E-state index < -0.39 is 17.7 Å². The number of H-pyrrole nitrogens is 1. The van der Waals surface area contributed by atoms with E-state index in [1.54, 1.807) is 12.4 Å². The molecule has 4 aromatic rings. The van der Waals surface area contributed by atoms with Gasteiger partial charge in [-0.05, 0) is 55.9 Å². The number of carboxylic acid groups (broad SMARTS) is 1. The second kappa shape index (κ2) is 8.12. The van der Waals surface area contributed by atoms with Crippen molar-refractivity contribution in [1.29, 1.82) is 0 Å². The quantitative estimate of drug-likeness (QED) is 0.374. The molecule has 0 aliphatic heterocycles. The van der Waals surface area contributed by atoms with Crippen molar-refractivity contribution in [1.82, 2.24) is 24.9 Å². The van der Waals surface area contributed by atoms with Gasteiger partial charge in [0.1, 0.15) is 11.2 Å². The Hall–Kier alpha value is -3.40. The molecule has 3 saturated carbocycles. The van der Waals surface area contributed by atoms with Crippen LogP contribution in [0, 0.1) is 30.5 Å². The molecule has 3 fully saturated rings. The minimum absolute atomic E-state index is 0.0344. The van der Waals surface area contributed by atoms with Gasteiger partial charge in [-0.15, -0.1) is 11.3 Å². The summed E-state index contributed by atoms with van der Waals surface area (Å²) in [5.74, 6) is -1.33. The van der Waals surface area contributed by atoms with E-state index in [1.165, 1.54) is 11.3 Å². The van der Waals surface area contributed by atoms with E-state index in [4.69, 9.17) is 0 Å². The molecule has 4 heterocycles. The molecule has 0 saturated heterocycles. The maximum Gasteiger partial charge on any atom is 0.308 e. The van der Waals surface area contributed by atoms with E-state index >= 15 is 4.39 Å². The highest BCUT2D eigenvalue weighted by Crippen LogP contribution is 2.46. The Morgan fingerprint density at radius 1 is 1.21 bits per heavy atom. The third-order valence-electron chi connectivity index (χ3n) is 7.16. The lowest BCUT2D eigenvalue weighted by molar-refractivity contribution is -0.148. The van der Waals surface area contributed by atoms with Crippen molar-refractivity contribution in [3.63, 3.8) is 0 Å². The molecule has 0 radical (unpaired) electrons.